The lowest BCUT2D eigenvalue weighted by atomic mass is 9.74. The standard InChI is InChI=1S/C37H67NO12/c1-14-26-37(10,43)31(40)21(4)29(39)19(2)17-36(9,45-13)33(50-27-16-25(38-11)15-20(3)46-27)22(5)30(23(6)34(42)48-26)49-28-18-35(8,44-12)32(41)24(7)47-28/h19-28,30-33,38,40-41,43H,14-18H2,1-13H3/t19-,20-,21+,22+,23-,24+,25?,26-,27+,28+,30?,31?,32+,33-,35-,36-,37-/m1/s1. The van der Waals surface area contributed by atoms with Crippen LogP contribution in [0, 0.1) is 23.7 Å². The molecule has 0 radical (unpaired) electrons. The molecule has 0 aliphatic carbocycles. The lowest BCUT2D eigenvalue weighted by Crippen LogP contribution is -2.60. The first-order valence-corrected chi connectivity index (χ1v) is 18.4. The molecular weight excluding hydrogens is 650 g/mol. The molecule has 0 saturated carbocycles. The number of ketones is 1. The predicted molar refractivity (Wildman–Crippen MR) is 185 cm³/mol. The first kappa shape index (κ1) is 43.1. The van der Waals surface area contributed by atoms with Crippen LogP contribution in [0.4, 0.5) is 0 Å². The highest BCUT2D eigenvalue weighted by Gasteiger charge is 2.53. The number of carbonyl (C=O) groups is 2. The number of hydrogen-bond acceptors (Lipinski definition) is 13. The summed E-state index contributed by atoms with van der Waals surface area (Å²) >= 11 is 0. The van der Waals surface area contributed by atoms with Crippen molar-refractivity contribution in [1.82, 2.24) is 5.32 Å². The maximum absolute atomic E-state index is 14.1. The van der Waals surface area contributed by atoms with Crippen molar-refractivity contribution in [3.8, 4) is 0 Å². The van der Waals surface area contributed by atoms with Crippen molar-refractivity contribution in [3.63, 3.8) is 0 Å². The number of Topliss-reactive ketones (excluding diaryl/α,β-unsaturated/α-hetero) is 1. The minimum atomic E-state index is -1.93. The molecule has 13 nitrogen and oxygen atoms in total. The zero-order chi connectivity index (χ0) is 37.9. The Morgan fingerprint density at radius 1 is 0.840 bits per heavy atom. The van der Waals surface area contributed by atoms with Gasteiger partial charge in [-0.15, -0.1) is 0 Å². The van der Waals surface area contributed by atoms with Crippen LogP contribution in [0.1, 0.15) is 101 Å². The van der Waals surface area contributed by atoms with Crippen LogP contribution >= 0.6 is 0 Å². The molecular formula is C37H67NO12. The van der Waals surface area contributed by atoms with E-state index in [-0.39, 0.29) is 37.2 Å². The van der Waals surface area contributed by atoms with E-state index < -0.39 is 95.6 Å². The van der Waals surface area contributed by atoms with Crippen LogP contribution in [0.2, 0.25) is 0 Å². The fourth-order valence-corrected chi connectivity index (χ4v) is 8.37. The van der Waals surface area contributed by atoms with Gasteiger partial charge in [0, 0.05) is 50.9 Å². The lowest BCUT2D eigenvalue weighted by Gasteiger charge is -2.49. The first-order chi connectivity index (χ1) is 23.2. The van der Waals surface area contributed by atoms with Crippen molar-refractivity contribution in [3.05, 3.63) is 0 Å². The highest BCUT2D eigenvalue weighted by atomic mass is 16.7. The highest BCUT2D eigenvalue weighted by Crippen LogP contribution is 2.41. The average molecular weight is 718 g/mol. The Labute approximate surface area is 299 Å². The van der Waals surface area contributed by atoms with Crippen molar-refractivity contribution >= 4 is 11.8 Å². The summed E-state index contributed by atoms with van der Waals surface area (Å²) in [6.07, 6.45) is -5.61. The van der Waals surface area contributed by atoms with Gasteiger partial charge in [0.15, 0.2) is 12.6 Å². The largest absolute Gasteiger partial charge is 0.459 e. The number of hydrogen-bond donors (Lipinski definition) is 4. The second-order valence-corrected chi connectivity index (χ2v) is 15.9. The number of nitrogens with one attached hydrogen (secondary N) is 1. The zero-order valence-corrected chi connectivity index (χ0v) is 32.6. The SMILES string of the molecule is CC[C@H]1OC(=O)[C@H](C)C(O[C@H]2C[C@@](C)(OC)[C@@H](O)[C@H](C)O2)[C@H](C)[C@@H](O[C@H]2CC(NC)C[C@@H](C)O2)[C@](C)(OC)C[C@@H](C)C(=O)[C@H](C)C(O)[C@]1(C)O. The fraction of sp³-hybridized carbons (Fsp3) is 0.946. The molecule has 3 rings (SSSR count). The van der Waals surface area contributed by atoms with E-state index in [1.54, 1.807) is 48.7 Å². The maximum atomic E-state index is 14.1. The third kappa shape index (κ3) is 9.26. The number of rotatable bonds is 8. The van der Waals surface area contributed by atoms with Crippen molar-refractivity contribution < 1.29 is 58.1 Å². The van der Waals surface area contributed by atoms with Gasteiger partial charge in [-0.2, -0.15) is 0 Å². The van der Waals surface area contributed by atoms with E-state index in [0.717, 1.165) is 6.42 Å². The van der Waals surface area contributed by atoms with Gasteiger partial charge in [-0.3, -0.25) is 9.59 Å². The molecule has 17 atom stereocenters. The molecule has 0 aromatic rings. The molecule has 3 aliphatic heterocycles. The second-order valence-electron chi connectivity index (χ2n) is 15.9. The number of carbonyl (C=O) groups excluding carboxylic acids is 2. The highest BCUT2D eigenvalue weighted by molar-refractivity contribution is 5.83. The Morgan fingerprint density at radius 3 is 2.02 bits per heavy atom. The Morgan fingerprint density at radius 2 is 1.46 bits per heavy atom. The van der Waals surface area contributed by atoms with Gasteiger partial charge < -0.3 is 53.8 Å². The Hall–Kier alpha value is -1.26. The molecule has 0 spiro atoms. The molecule has 13 heteroatoms. The summed E-state index contributed by atoms with van der Waals surface area (Å²) in [5.74, 6) is -4.06. The van der Waals surface area contributed by atoms with Crippen molar-refractivity contribution in [1.29, 1.82) is 0 Å². The van der Waals surface area contributed by atoms with E-state index in [1.165, 1.54) is 14.0 Å². The minimum absolute atomic E-state index is 0.0911. The Bertz CT molecular complexity index is 1120. The summed E-state index contributed by atoms with van der Waals surface area (Å²) in [5.41, 5.74) is -4.05. The summed E-state index contributed by atoms with van der Waals surface area (Å²) in [5, 5.41) is 37.2. The summed E-state index contributed by atoms with van der Waals surface area (Å²) in [6, 6.07) is 0.143. The van der Waals surface area contributed by atoms with Crippen LogP contribution < -0.4 is 5.32 Å². The number of esters is 1. The predicted octanol–water partition coefficient (Wildman–Crippen LogP) is 3.13. The minimum Gasteiger partial charge on any atom is -0.459 e. The van der Waals surface area contributed by atoms with Crippen LogP contribution in [-0.4, -0.2) is 126 Å². The van der Waals surface area contributed by atoms with Gasteiger partial charge in [0.25, 0.3) is 0 Å². The third-order valence-electron chi connectivity index (χ3n) is 11.9. The first-order valence-electron chi connectivity index (χ1n) is 18.4. The molecule has 0 bridgehead atoms. The third-order valence-corrected chi connectivity index (χ3v) is 11.9. The van der Waals surface area contributed by atoms with Crippen molar-refractivity contribution in [2.45, 2.75) is 179 Å². The molecule has 0 aromatic heterocycles. The van der Waals surface area contributed by atoms with E-state index in [1.807, 2.05) is 27.8 Å². The van der Waals surface area contributed by atoms with E-state index in [9.17, 15) is 24.9 Å². The second kappa shape index (κ2) is 17.3. The van der Waals surface area contributed by atoms with Gasteiger partial charge in [0.2, 0.25) is 0 Å². The van der Waals surface area contributed by atoms with Gasteiger partial charge in [-0.1, -0.05) is 27.7 Å². The van der Waals surface area contributed by atoms with Gasteiger partial charge in [0.1, 0.15) is 23.6 Å². The molecule has 3 aliphatic rings. The maximum Gasteiger partial charge on any atom is 0.311 e. The normalized spacial score (nSPS) is 48.9. The van der Waals surface area contributed by atoms with Crippen LogP contribution in [-0.2, 0) is 42.7 Å². The van der Waals surface area contributed by atoms with Gasteiger partial charge in [-0.05, 0) is 67.9 Å². The molecule has 3 fully saturated rings. The topological polar surface area (TPSA) is 171 Å². The van der Waals surface area contributed by atoms with Gasteiger partial charge in [-0.25, -0.2) is 0 Å². The average Bonchev–Trinajstić information content (AvgIpc) is 3.07. The summed E-state index contributed by atoms with van der Waals surface area (Å²) in [7, 11) is 4.98. The number of aliphatic hydroxyl groups excluding tert-OH is 2. The molecule has 4 N–H and O–H groups in total. The van der Waals surface area contributed by atoms with E-state index >= 15 is 0 Å². The Balaban J connectivity index is 2.18. The number of methoxy groups -OCH3 is 2. The quantitative estimate of drug-likeness (QED) is 0.270. The smallest absolute Gasteiger partial charge is 0.311 e. The number of aliphatic hydroxyl groups is 3. The Kier molecular flexibility index (Phi) is 14.9. The van der Waals surface area contributed by atoms with Crippen LogP contribution in [0.3, 0.4) is 0 Å². The molecule has 3 unspecified atom stereocenters. The molecule has 3 heterocycles. The fourth-order valence-electron chi connectivity index (χ4n) is 8.37. The van der Waals surface area contributed by atoms with Crippen LogP contribution in [0.25, 0.3) is 0 Å². The lowest BCUT2D eigenvalue weighted by molar-refractivity contribution is -0.309. The van der Waals surface area contributed by atoms with Crippen LogP contribution in [0.15, 0.2) is 0 Å². The van der Waals surface area contributed by atoms with E-state index in [0.29, 0.717) is 6.42 Å². The summed E-state index contributed by atoms with van der Waals surface area (Å²) < 4.78 is 44.1. The van der Waals surface area contributed by atoms with Crippen LogP contribution in [0.5, 0.6) is 0 Å². The molecule has 292 valence electrons. The zero-order valence-electron chi connectivity index (χ0n) is 32.6. The molecule has 0 aromatic carbocycles. The number of cyclic esters (lactones) is 1. The monoisotopic (exact) mass is 717 g/mol. The van der Waals surface area contributed by atoms with Gasteiger partial charge >= 0.3 is 5.97 Å². The molecule has 3 saturated heterocycles. The molecule has 50 heavy (non-hydrogen) atoms. The summed E-state index contributed by atoms with van der Waals surface area (Å²) in [4.78, 5) is 28.0. The molecule has 0 amide bonds. The summed E-state index contributed by atoms with van der Waals surface area (Å²) in [6.45, 7) is 17.5. The van der Waals surface area contributed by atoms with E-state index in [4.69, 9.17) is 33.2 Å². The van der Waals surface area contributed by atoms with E-state index in [2.05, 4.69) is 5.32 Å². The number of ether oxygens (including phenoxy) is 7. The van der Waals surface area contributed by atoms with Crippen molar-refractivity contribution in [2.24, 2.45) is 23.7 Å². The van der Waals surface area contributed by atoms with Crippen molar-refractivity contribution in [2.75, 3.05) is 21.3 Å². The van der Waals surface area contributed by atoms with Gasteiger partial charge in [0.05, 0.1) is 47.6 Å².